The van der Waals surface area contributed by atoms with Crippen molar-refractivity contribution in [1.29, 1.82) is 0 Å². The molecule has 2 aromatic rings. The number of carbonyl (C=O) groups is 1. The molecule has 0 radical (unpaired) electrons. The highest BCUT2D eigenvalue weighted by Gasteiger charge is 2.22. The average Bonchev–Trinajstić information content (AvgIpc) is 3.20. The number of hydrogen-bond acceptors (Lipinski definition) is 4. The minimum Gasteiger partial charge on any atom is -0.350 e. The number of hydrogen-bond donors (Lipinski definition) is 1. The minimum atomic E-state index is -3.64. The molecule has 1 heterocycles. The molecule has 0 aromatic heterocycles. The Morgan fingerprint density at radius 3 is 2.37 bits per heavy atom. The van der Waals surface area contributed by atoms with Gasteiger partial charge in [0, 0.05) is 18.1 Å². The first kappa shape index (κ1) is 22.6. The van der Waals surface area contributed by atoms with Crippen molar-refractivity contribution >= 4 is 33.2 Å². The van der Waals surface area contributed by atoms with E-state index in [9.17, 15) is 13.2 Å². The first-order valence-corrected chi connectivity index (χ1v) is 12.3. The van der Waals surface area contributed by atoms with Gasteiger partial charge >= 0.3 is 0 Å². The lowest BCUT2D eigenvalue weighted by Crippen LogP contribution is -2.40. The summed E-state index contributed by atoms with van der Waals surface area (Å²) in [5.74, 6) is -0.374. The standard InChI is InChI=1S/C22H28ClN3O3S/c1-17-5-10-20(23)13-21(17)26(30(2,28)29)16-22(27)24-14-18-6-8-19(9-7-18)15-25-11-3-4-12-25/h5-10,13H,3-4,11-12,14-16H2,1-2H3,(H,24,27). The largest absolute Gasteiger partial charge is 0.350 e. The lowest BCUT2D eigenvalue weighted by molar-refractivity contribution is -0.119. The molecule has 0 atom stereocenters. The van der Waals surface area contributed by atoms with Crippen LogP contribution < -0.4 is 9.62 Å². The average molecular weight is 450 g/mol. The Kier molecular flexibility index (Phi) is 7.39. The van der Waals surface area contributed by atoms with E-state index < -0.39 is 10.0 Å². The third-order valence-corrected chi connectivity index (χ3v) is 6.61. The molecule has 8 heteroatoms. The number of amides is 1. The van der Waals surface area contributed by atoms with E-state index in [0.29, 0.717) is 17.3 Å². The maximum absolute atomic E-state index is 12.5. The zero-order valence-electron chi connectivity index (χ0n) is 17.4. The fourth-order valence-electron chi connectivity index (χ4n) is 3.58. The van der Waals surface area contributed by atoms with E-state index >= 15 is 0 Å². The van der Waals surface area contributed by atoms with Crippen LogP contribution in [0.1, 0.15) is 29.5 Å². The van der Waals surface area contributed by atoms with Gasteiger partial charge < -0.3 is 5.32 Å². The summed E-state index contributed by atoms with van der Waals surface area (Å²) >= 11 is 6.03. The summed E-state index contributed by atoms with van der Waals surface area (Å²) in [5, 5.41) is 3.22. The van der Waals surface area contributed by atoms with E-state index in [1.54, 1.807) is 25.1 Å². The molecule has 1 aliphatic heterocycles. The molecule has 1 fully saturated rings. The molecule has 30 heavy (non-hydrogen) atoms. The summed E-state index contributed by atoms with van der Waals surface area (Å²) in [4.78, 5) is 14.9. The van der Waals surface area contributed by atoms with Gasteiger partial charge in [-0.1, -0.05) is 41.9 Å². The molecule has 3 rings (SSSR count). The van der Waals surface area contributed by atoms with Gasteiger partial charge in [0.15, 0.2) is 0 Å². The summed E-state index contributed by atoms with van der Waals surface area (Å²) in [6.07, 6.45) is 3.62. The number of aryl methyl sites for hydroxylation is 1. The number of likely N-dealkylation sites (tertiary alicyclic amines) is 1. The van der Waals surface area contributed by atoms with Gasteiger partial charge in [-0.25, -0.2) is 8.42 Å². The van der Waals surface area contributed by atoms with Crippen molar-refractivity contribution in [2.45, 2.75) is 32.9 Å². The van der Waals surface area contributed by atoms with Gasteiger partial charge in [0.05, 0.1) is 11.9 Å². The monoisotopic (exact) mass is 449 g/mol. The second kappa shape index (κ2) is 9.81. The van der Waals surface area contributed by atoms with Crippen molar-refractivity contribution in [3.05, 3.63) is 64.2 Å². The Bertz CT molecular complexity index is 987. The fraction of sp³-hybridized carbons (Fsp3) is 0.409. The highest BCUT2D eigenvalue weighted by Crippen LogP contribution is 2.26. The van der Waals surface area contributed by atoms with Gasteiger partial charge in [0.25, 0.3) is 0 Å². The molecule has 0 saturated carbocycles. The lowest BCUT2D eigenvalue weighted by Gasteiger charge is -2.24. The zero-order valence-corrected chi connectivity index (χ0v) is 19.0. The van der Waals surface area contributed by atoms with Crippen LogP contribution in [0.2, 0.25) is 5.02 Å². The lowest BCUT2D eigenvalue weighted by atomic mass is 10.1. The van der Waals surface area contributed by atoms with Crippen LogP contribution in [0.3, 0.4) is 0 Å². The van der Waals surface area contributed by atoms with E-state index in [2.05, 4.69) is 22.3 Å². The molecular weight excluding hydrogens is 422 g/mol. The van der Waals surface area contributed by atoms with Crippen molar-refractivity contribution in [3.63, 3.8) is 0 Å². The molecule has 0 bridgehead atoms. The van der Waals surface area contributed by atoms with Crippen LogP contribution in [0.5, 0.6) is 0 Å². The van der Waals surface area contributed by atoms with Crippen molar-refractivity contribution in [1.82, 2.24) is 10.2 Å². The maximum Gasteiger partial charge on any atom is 0.241 e. The number of benzene rings is 2. The predicted octanol–water partition coefficient (Wildman–Crippen LogP) is 3.33. The molecule has 1 N–H and O–H groups in total. The van der Waals surface area contributed by atoms with Crippen LogP contribution in [0.4, 0.5) is 5.69 Å². The summed E-state index contributed by atoms with van der Waals surface area (Å²) in [5.41, 5.74) is 3.36. The number of anilines is 1. The van der Waals surface area contributed by atoms with Crippen molar-refractivity contribution in [2.75, 3.05) is 30.2 Å². The van der Waals surface area contributed by atoms with Crippen LogP contribution in [-0.2, 0) is 27.9 Å². The number of nitrogens with one attached hydrogen (secondary N) is 1. The van der Waals surface area contributed by atoms with E-state index in [4.69, 9.17) is 11.6 Å². The first-order chi connectivity index (χ1) is 14.2. The highest BCUT2D eigenvalue weighted by atomic mass is 35.5. The summed E-state index contributed by atoms with van der Waals surface area (Å²) < 4.78 is 25.7. The second-order valence-electron chi connectivity index (χ2n) is 7.78. The summed E-state index contributed by atoms with van der Waals surface area (Å²) in [6, 6.07) is 13.1. The second-order valence-corrected chi connectivity index (χ2v) is 10.1. The Morgan fingerprint density at radius 2 is 1.73 bits per heavy atom. The van der Waals surface area contributed by atoms with E-state index in [1.807, 2.05) is 12.1 Å². The number of nitrogens with zero attached hydrogens (tertiary/aromatic N) is 2. The van der Waals surface area contributed by atoms with Gasteiger partial charge in [0.1, 0.15) is 6.54 Å². The zero-order chi connectivity index (χ0) is 21.7. The van der Waals surface area contributed by atoms with Gasteiger partial charge in [-0.3, -0.25) is 14.0 Å². The van der Waals surface area contributed by atoms with Crippen LogP contribution in [0.15, 0.2) is 42.5 Å². The van der Waals surface area contributed by atoms with Crippen molar-refractivity contribution in [2.24, 2.45) is 0 Å². The quantitative estimate of drug-likeness (QED) is 0.671. The van der Waals surface area contributed by atoms with Crippen LogP contribution in [-0.4, -0.2) is 45.1 Å². The Labute approximate surface area is 183 Å². The van der Waals surface area contributed by atoms with Crippen molar-refractivity contribution < 1.29 is 13.2 Å². The van der Waals surface area contributed by atoms with E-state index in [-0.39, 0.29) is 12.5 Å². The molecular formula is C22H28ClN3O3S. The van der Waals surface area contributed by atoms with Gasteiger partial charge in [-0.05, 0) is 61.7 Å². The molecule has 1 saturated heterocycles. The summed E-state index contributed by atoms with van der Waals surface area (Å²) in [7, 11) is -3.64. The fourth-order valence-corrected chi connectivity index (χ4v) is 4.65. The highest BCUT2D eigenvalue weighted by molar-refractivity contribution is 7.92. The molecule has 1 amide bonds. The molecule has 1 aliphatic rings. The number of rotatable bonds is 8. The van der Waals surface area contributed by atoms with Crippen molar-refractivity contribution in [3.8, 4) is 0 Å². The SMILES string of the molecule is Cc1ccc(Cl)cc1N(CC(=O)NCc1ccc(CN2CCCC2)cc1)S(C)(=O)=O. The third kappa shape index (κ3) is 6.20. The van der Waals surface area contributed by atoms with Crippen LogP contribution in [0, 0.1) is 6.92 Å². The van der Waals surface area contributed by atoms with Gasteiger partial charge in [-0.15, -0.1) is 0 Å². The number of halogens is 1. The smallest absolute Gasteiger partial charge is 0.241 e. The molecule has 162 valence electrons. The van der Waals surface area contributed by atoms with Crippen LogP contribution >= 0.6 is 11.6 Å². The molecule has 0 aliphatic carbocycles. The first-order valence-electron chi connectivity index (χ1n) is 10.0. The Morgan fingerprint density at radius 1 is 1.10 bits per heavy atom. The Balaban J connectivity index is 1.60. The van der Waals surface area contributed by atoms with Crippen LogP contribution in [0.25, 0.3) is 0 Å². The maximum atomic E-state index is 12.5. The van der Waals surface area contributed by atoms with Gasteiger partial charge in [-0.2, -0.15) is 0 Å². The molecule has 0 spiro atoms. The minimum absolute atomic E-state index is 0.299. The van der Waals surface area contributed by atoms with Gasteiger partial charge in [0.2, 0.25) is 15.9 Å². The number of carbonyl (C=O) groups excluding carboxylic acids is 1. The molecule has 0 unspecified atom stereocenters. The third-order valence-electron chi connectivity index (χ3n) is 5.24. The van der Waals surface area contributed by atoms with E-state index in [0.717, 1.165) is 41.3 Å². The molecule has 2 aromatic carbocycles. The Hall–Kier alpha value is -2.09. The normalized spacial score (nSPS) is 14.6. The summed E-state index contributed by atoms with van der Waals surface area (Å²) in [6.45, 7) is 5.09. The number of sulfonamides is 1. The molecule has 6 nitrogen and oxygen atoms in total. The predicted molar refractivity (Wildman–Crippen MR) is 121 cm³/mol. The van der Waals surface area contributed by atoms with E-state index in [1.165, 1.54) is 18.4 Å². The topological polar surface area (TPSA) is 69.7 Å².